The fraction of sp³-hybridized carbons (Fsp3) is 0.286. The van der Waals surface area contributed by atoms with Gasteiger partial charge in [-0.3, -0.25) is 14.6 Å². The Bertz CT molecular complexity index is 1170. The first-order valence-electron chi connectivity index (χ1n) is 11.9. The molecule has 0 saturated carbocycles. The quantitative estimate of drug-likeness (QED) is 0.413. The second-order valence-corrected chi connectivity index (χ2v) is 8.69. The molecule has 0 atom stereocenters. The lowest BCUT2D eigenvalue weighted by Crippen LogP contribution is -2.36. The Balaban J connectivity index is 1.29. The fourth-order valence-corrected chi connectivity index (χ4v) is 4.41. The number of morpholine rings is 1. The zero-order valence-corrected chi connectivity index (χ0v) is 19.4. The lowest BCUT2D eigenvalue weighted by molar-refractivity contribution is 0.0340. The van der Waals surface area contributed by atoms with E-state index in [-0.39, 0.29) is 0 Å². The monoisotopic (exact) mass is 453 g/mol. The molecule has 0 unspecified atom stereocenters. The summed E-state index contributed by atoms with van der Waals surface area (Å²) in [5.74, 6) is 0. The van der Waals surface area contributed by atoms with Gasteiger partial charge in [-0.2, -0.15) is 5.10 Å². The van der Waals surface area contributed by atoms with E-state index < -0.39 is 0 Å². The number of nitrogens with one attached hydrogen (secondary N) is 1. The molecule has 6 nitrogen and oxygen atoms in total. The third kappa shape index (κ3) is 5.78. The first-order chi connectivity index (χ1) is 16.8. The normalized spacial score (nSPS) is 14.4. The Morgan fingerprint density at radius 3 is 2.35 bits per heavy atom. The Hall–Kier alpha value is -3.32. The molecule has 1 fully saturated rings. The number of hydrogen-bond donors (Lipinski definition) is 1. The molecule has 2 aromatic carbocycles. The van der Waals surface area contributed by atoms with Gasteiger partial charge in [0.15, 0.2) is 0 Å². The highest BCUT2D eigenvalue weighted by atomic mass is 16.5. The fourth-order valence-electron chi connectivity index (χ4n) is 4.41. The molecule has 2 aromatic heterocycles. The molecule has 1 saturated heterocycles. The van der Waals surface area contributed by atoms with E-state index in [0.717, 1.165) is 63.7 Å². The molecule has 4 aromatic rings. The van der Waals surface area contributed by atoms with Gasteiger partial charge >= 0.3 is 0 Å². The predicted molar refractivity (Wildman–Crippen MR) is 134 cm³/mol. The van der Waals surface area contributed by atoms with Crippen LogP contribution in [0, 0.1) is 0 Å². The van der Waals surface area contributed by atoms with E-state index in [1.807, 2.05) is 23.0 Å². The highest BCUT2D eigenvalue weighted by Gasteiger charge is 2.14. The second kappa shape index (κ2) is 11.2. The number of rotatable bonds is 9. The zero-order chi connectivity index (χ0) is 23.0. The topological polar surface area (TPSA) is 55.2 Å². The standard InChI is InChI=1S/C28H31N5O/c1-2-7-23(8-3-1)20-33-22-27(28(31-33)25-11-6-12-29-18-25)19-30-17-24-9-4-5-10-26(24)21-32-13-15-34-16-14-32/h1-12,18,22,30H,13-17,19-21H2. The van der Waals surface area contributed by atoms with Gasteiger partial charge in [-0.15, -0.1) is 0 Å². The Labute approximate surface area is 201 Å². The van der Waals surface area contributed by atoms with Crippen LogP contribution in [0.5, 0.6) is 0 Å². The van der Waals surface area contributed by atoms with E-state index in [9.17, 15) is 0 Å². The van der Waals surface area contributed by atoms with E-state index in [2.05, 4.69) is 76.0 Å². The molecule has 34 heavy (non-hydrogen) atoms. The van der Waals surface area contributed by atoms with Crippen molar-refractivity contribution < 1.29 is 4.74 Å². The minimum absolute atomic E-state index is 0.741. The maximum Gasteiger partial charge on any atom is 0.0983 e. The molecule has 0 amide bonds. The van der Waals surface area contributed by atoms with E-state index in [4.69, 9.17) is 9.84 Å². The SMILES string of the molecule is c1ccc(Cn2cc(CNCc3ccccc3CN3CCOCC3)c(-c3cccnc3)n2)cc1. The van der Waals surface area contributed by atoms with Crippen LogP contribution < -0.4 is 5.32 Å². The third-order valence-corrected chi connectivity index (χ3v) is 6.21. The van der Waals surface area contributed by atoms with Crippen molar-refractivity contribution in [2.24, 2.45) is 0 Å². The van der Waals surface area contributed by atoms with Gasteiger partial charge in [-0.25, -0.2) is 0 Å². The van der Waals surface area contributed by atoms with Gasteiger partial charge in [0.25, 0.3) is 0 Å². The van der Waals surface area contributed by atoms with Crippen molar-refractivity contribution in [2.75, 3.05) is 26.3 Å². The lowest BCUT2D eigenvalue weighted by Gasteiger charge is -2.27. The molecule has 0 radical (unpaired) electrons. The Morgan fingerprint density at radius 1 is 0.794 bits per heavy atom. The lowest BCUT2D eigenvalue weighted by atomic mass is 10.1. The van der Waals surface area contributed by atoms with Crippen molar-refractivity contribution in [1.82, 2.24) is 25.0 Å². The van der Waals surface area contributed by atoms with Crippen molar-refractivity contribution in [1.29, 1.82) is 0 Å². The summed E-state index contributed by atoms with van der Waals surface area (Å²) in [6, 6.07) is 23.2. The summed E-state index contributed by atoms with van der Waals surface area (Å²) >= 11 is 0. The van der Waals surface area contributed by atoms with Crippen LogP contribution in [0.4, 0.5) is 0 Å². The van der Waals surface area contributed by atoms with Crippen LogP contribution in [0.1, 0.15) is 22.3 Å². The van der Waals surface area contributed by atoms with Crippen LogP contribution in [-0.4, -0.2) is 46.0 Å². The van der Waals surface area contributed by atoms with Gasteiger partial charge in [0.05, 0.1) is 25.5 Å². The van der Waals surface area contributed by atoms with E-state index in [1.165, 1.54) is 22.3 Å². The van der Waals surface area contributed by atoms with Gasteiger partial charge < -0.3 is 10.1 Å². The first kappa shape index (κ1) is 22.5. The van der Waals surface area contributed by atoms with E-state index >= 15 is 0 Å². The van der Waals surface area contributed by atoms with Crippen molar-refractivity contribution >= 4 is 0 Å². The van der Waals surface area contributed by atoms with Crippen LogP contribution in [0.2, 0.25) is 0 Å². The van der Waals surface area contributed by atoms with E-state index in [0.29, 0.717) is 0 Å². The minimum Gasteiger partial charge on any atom is -0.379 e. The van der Waals surface area contributed by atoms with Crippen molar-refractivity contribution in [2.45, 2.75) is 26.2 Å². The Morgan fingerprint density at radius 2 is 1.56 bits per heavy atom. The number of ether oxygens (including phenoxy) is 1. The summed E-state index contributed by atoms with van der Waals surface area (Å²) in [6.07, 6.45) is 5.84. The molecule has 0 bridgehead atoms. The molecule has 5 rings (SSSR count). The number of aromatic nitrogens is 3. The van der Waals surface area contributed by atoms with Crippen LogP contribution in [0.15, 0.2) is 85.3 Å². The number of nitrogens with zero attached hydrogens (tertiary/aromatic N) is 4. The first-order valence-corrected chi connectivity index (χ1v) is 11.9. The average molecular weight is 454 g/mol. The molecule has 1 aliphatic heterocycles. The summed E-state index contributed by atoms with van der Waals surface area (Å²) < 4.78 is 7.53. The maximum atomic E-state index is 5.50. The molecular formula is C28H31N5O. The summed E-state index contributed by atoms with van der Waals surface area (Å²) in [6.45, 7) is 6.91. The Kier molecular flexibility index (Phi) is 7.40. The van der Waals surface area contributed by atoms with Crippen molar-refractivity contribution in [3.8, 4) is 11.3 Å². The molecule has 0 spiro atoms. The number of hydrogen-bond acceptors (Lipinski definition) is 5. The van der Waals surface area contributed by atoms with Crippen LogP contribution >= 0.6 is 0 Å². The maximum absolute atomic E-state index is 5.50. The smallest absolute Gasteiger partial charge is 0.0983 e. The van der Waals surface area contributed by atoms with Gasteiger partial charge in [-0.05, 0) is 28.8 Å². The number of benzene rings is 2. The van der Waals surface area contributed by atoms with E-state index in [1.54, 1.807) is 6.20 Å². The van der Waals surface area contributed by atoms with Gasteiger partial charge in [0, 0.05) is 62.4 Å². The highest BCUT2D eigenvalue weighted by Crippen LogP contribution is 2.22. The largest absolute Gasteiger partial charge is 0.379 e. The summed E-state index contributed by atoms with van der Waals surface area (Å²) in [5, 5.41) is 8.58. The molecule has 174 valence electrons. The van der Waals surface area contributed by atoms with Crippen LogP contribution in [-0.2, 0) is 30.9 Å². The van der Waals surface area contributed by atoms with Gasteiger partial charge in [-0.1, -0.05) is 54.6 Å². The number of pyridine rings is 1. The van der Waals surface area contributed by atoms with Gasteiger partial charge in [0.1, 0.15) is 0 Å². The summed E-state index contributed by atoms with van der Waals surface area (Å²) in [7, 11) is 0. The third-order valence-electron chi connectivity index (χ3n) is 6.21. The second-order valence-electron chi connectivity index (χ2n) is 8.69. The molecule has 0 aliphatic carbocycles. The molecular weight excluding hydrogens is 422 g/mol. The zero-order valence-electron chi connectivity index (χ0n) is 19.4. The average Bonchev–Trinajstić information content (AvgIpc) is 3.29. The van der Waals surface area contributed by atoms with Crippen molar-refractivity contribution in [3.63, 3.8) is 0 Å². The summed E-state index contributed by atoms with van der Waals surface area (Å²) in [5.41, 5.74) is 7.16. The van der Waals surface area contributed by atoms with Crippen LogP contribution in [0.25, 0.3) is 11.3 Å². The van der Waals surface area contributed by atoms with Gasteiger partial charge in [0.2, 0.25) is 0 Å². The summed E-state index contributed by atoms with van der Waals surface area (Å²) in [4.78, 5) is 6.78. The molecule has 6 heteroatoms. The molecule has 1 N–H and O–H groups in total. The molecule has 3 heterocycles. The van der Waals surface area contributed by atoms with Crippen molar-refractivity contribution in [3.05, 3.63) is 108 Å². The van der Waals surface area contributed by atoms with Crippen LogP contribution in [0.3, 0.4) is 0 Å². The minimum atomic E-state index is 0.741. The highest BCUT2D eigenvalue weighted by molar-refractivity contribution is 5.61. The molecule has 1 aliphatic rings. The predicted octanol–water partition coefficient (Wildman–Crippen LogP) is 4.12.